The molecule has 8 nitrogen and oxygen atoms in total. The fourth-order valence-electron chi connectivity index (χ4n) is 3.40. The highest BCUT2D eigenvalue weighted by Crippen LogP contribution is 2.37. The van der Waals surface area contributed by atoms with E-state index in [1.54, 1.807) is 6.07 Å². The molecule has 0 unspecified atom stereocenters. The quantitative estimate of drug-likeness (QED) is 0.346. The lowest BCUT2D eigenvalue weighted by molar-refractivity contribution is -0.136. The predicted octanol–water partition coefficient (Wildman–Crippen LogP) is 4.18. The minimum atomic E-state index is -0.904. The van der Waals surface area contributed by atoms with Crippen LogP contribution in [0, 0.1) is 5.82 Å². The molecule has 4 rings (SSSR count). The highest BCUT2D eigenvalue weighted by molar-refractivity contribution is 6.39. The van der Waals surface area contributed by atoms with Crippen molar-refractivity contribution in [1.82, 2.24) is 10.3 Å². The molecule has 0 bridgehead atoms. The Morgan fingerprint density at radius 2 is 1.77 bits per heavy atom. The Hall–Kier alpha value is -4.66. The number of nitrogens with one attached hydrogen (secondary N) is 2. The van der Waals surface area contributed by atoms with Crippen LogP contribution in [0.1, 0.15) is 5.56 Å². The summed E-state index contributed by atoms with van der Waals surface area (Å²) >= 11 is 0. The maximum atomic E-state index is 14.7. The molecule has 1 aromatic heterocycles. The zero-order valence-corrected chi connectivity index (χ0v) is 18.7. The van der Waals surface area contributed by atoms with Gasteiger partial charge < -0.3 is 25.2 Å². The van der Waals surface area contributed by atoms with Gasteiger partial charge in [0.05, 0.1) is 12.6 Å². The topological polar surface area (TPSA) is 110 Å². The van der Waals surface area contributed by atoms with E-state index in [0.29, 0.717) is 29.6 Å². The predicted molar refractivity (Wildman–Crippen MR) is 128 cm³/mol. The maximum Gasteiger partial charge on any atom is 0.313 e. The van der Waals surface area contributed by atoms with Crippen LogP contribution in [0.2, 0.25) is 0 Å². The summed E-state index contributed by atoms with van der Waals surface area (Å²) in [7, 11) is 1.41. The summed E-state index contributed by atoms with van der Waals surface area (Å²) in [6.45, 7) is 0.292. The van der Waals surface area contributed by atoms with Crippen molar-refractivity contribution in [2.24, 2.45) is 0 Å². The second-order valence-electron chi connectivity index (χ2n) is 7.54. The molecule has 1 heterocycles. The summed E-state index contributed by atoms with van der Waals surface area (Å²) in [5, 5.41) is 15.4. The molecule has 0 radical (unpaired) electrons. The van der Waals surface area contributed by atoms with Crippen LogP contribution < -0.4 is 20.1 Å². The van der Waals surface area contributed by atoms with Gasteiger partial charge in [-0.05, 0) is 36.2 Å². The highest BCUT2D eigenvalue weighted by Gasteiger charge is 2.16. The van der Waals surface area contributed by atoms with Gasteiger partial charge in [0.15, 0.2) is 23.1 Å². The fourth-order valence-corrected chi connectivity index (χ4v) is 3.40. The molecule has 35 heavy (non-hydrogen) atoms. The van der Waals surface area contributed by atoms with Gasteiger partial charge in [0, 0.05) is 35.9 Å². The molecule has 0 fully saturated rings. The first-order chi connectivity index (χ1) is 16.9. The number of carbonyl (C=O) groups is 2. The summed E-state index contributed by atoms with van der Waals surface area (Å²) in [6, 6.07) is 17.8. The van der Waals surface area contributed by atoms with Crippen LogP contribution in [-0.4, -0.2) is 35.6 Å². The lowest BCUT2D eigenvalue weighted by Gasteiger charge is -2.12. The van der Waals surface area contributed by atoms with Crippen LogP contribution in [0.25, 0.3) is 10.9 Å². The summed E-state index contributed by atoms with van der Waals surface area (Å²) in [5.41, 5.74) is 1.57. The second-order valence-corrected chi connectivity index (χ2v) is 7.54. The summed E-state index contributed by atoms with van der Waals surface area (Å²) in [6.07, 6.45) is 2.04. The molecular formula is C26H22FN3O5. The second kappa shape index (κ2) is 10.5. The summed E-state index contributed by atoms with van der Waals surface area (Å²) in [4.78, 5) is 28.4. The SMILES string of the molecule is COc1cc2c(Oc3ccc(NC(=O)C(=O)NCCc4ccccc4)cc3F)ccnc2cc1O. The number of aromatic hydroxyl groups is 1. The number of fused-ring (bicyclic) bond motifs is 1. The number of methoxy groups -OCH3 is 1. The lowest BCUT2D eigenvalue weighted by atomic mass is 10.1. The Balaban J connectivity index is 1.41. The van der Waals surface area contributed by atoms with Crippen molar-refractivity contribution in [1.29, 1.82) is 0 Å². The van der Waals surface area contributed by atoms with Crippen LogP contribution in [0.3, 0.4) is 0 Å². The minimum Gasteiger partial charge on any atom is -0.504 e. The molecular weight excluding hydrogens is 453 g/mol. The summed E-state index contributed by atoms with van der Waals surface area (Å²) in [5.74, 6) is -2.14. The number of anilines is 1. The molecule has 0 atom stereocenters. The smallest absolute Gasteiger partial charge is 0.313 e. The number of hydrogen-bond donors (Lipinski definition) is 3. The number of ether oxygens (including phenoxy) is 2. The first kappa shape index (κ1) is 23.5. The number of carbonyl (C=O) groups excluding carboxylic acids is 2. The average molecular weight is 475 g/mol. The van der Waals surface area contributed by atoms with E-state index >= 15 is 0 Å². The highest BCUT2D eigenvalue weighted by atomic mass is 19.1. The van der Waals surface area contributed by atoms with Crippen molar-refractivity contribution in [2.75, 3.05) is 19.0 Å². The zero-order valence-electron chi connectivity index (χ0n) is 18.7. The number of amides is 2. The van der Waals surface area contributed by atoms with Crippen LogP contribution in [0.5, 0.6) is 23.0 Å². The van der Waals surface area contributed by atoms with Gasteiger partial charge in [0.25, 0.3) is 0 Å². The van der Waals surface area contributed by atoms with Crippen LogP contribution in [0.4, 0.5) is 10.1 Å². The number of benzene rings is 3. The number of halogens is 1. The van der Waals surface area contributed by atoms with Gasteiger partial charge in [-0.15, -0.1) is 0 Å². The van der Waals surface area contributed by atoms with E-state index in [4.69, 9.17) is 9.47 Å². The molecule has 0 aliphatic heterocycles. The largest absolute Gasteiger partial charge is 0.504 e. The third kappa shape index (κ3) is 5.64. The van der Waals surface area contributed by atoms with Crippen LogP contribution in [-0.2, 0) is 16.0 Å². The molecule has 0 aliphatic carbocycles. The van der Waals surface area contributed by atoms with Gasteiger partial charge in [-0.1, -0.05) is 30.3 Å². The number of pyridine rings is 1. The van der Waals surface area contributed by atoms with Gasteiger partial charge in [-0.25, -0.2) is 4.39 Å². The number of hydrogen-bond acceptors (Lipinski definition) is 6. The van der Waals surface area contributed by atoms with E-state index in [1.165, 1.54) is 37.6 Å². The van der Waals surface area contributed by atoms with Gasteiger partial charge in [-0.2, -0.15) is 0 Å². The molecule has 178 valence electrons. The minimum absolute atomic E-state index is 0.0833. The first-order valence-corrected chi connectivity index (χ1v) is 10.7. The first-order valence-electron chi connectivity index (χ1n) is 10.7. The number of phenols is 1. The zero-order chi connectivity index (χ0) is 24.8. The molecule has 0 saturated carbocycles. The van der Waals surface area contributed by atoms with E-state index in [0.717, 1.165) is 11.6 Å². The Kier molecular flexibility index (Phi) is 7.06. The normalized spacial score (nSPS) is 10.6. The van der Waals surface area contributed by atoms with Crippen LogP contribution >= 0.6 is 0 Å². The van der Waals surface area contributed by atoms with E-state index in [2.05, 4.69) is 15.6 Å². The Labute approximate surface area is 200 Å². The van der Waals surface area contributed by atoms with Crippen molar-refractivity contribution in [2.45, 2.75) is 6.42 Å². The number of rotatable bonds is 7. The molecule has 9 heteroatoms. The fraction of sp³-hybridized carbons (Fsp3) is 0.115. The third-order valence-electron chi connectivity index (χ3n) is 5.16. The molecule has 2 amide bonds. The van der Waals surface area contributed by atoms with E-state index in [9.17, 15) is 19.1 Å². The van der Waals surface area contributed by atoms with Crippen LogP contribution in [0.15, 0.2) is 72.9 Å². The van der Waals surface area contributed by atoms with E-state index < -0.39 is 17.6 Å². The Bertz CT molecular complexity index is 1380. The van der Waals surface area contributed by atoms with Crippen molar-refractivity contribution in [3.63, 3.8) is 0 Å². The molecule has 0 saturated heterocycles. The van der Waals surface area contributed by atoms with E-state index in [1.807, 2.05) is 30.3 Å². The van der Waals surface area contributed by atoms with Crippen molar-refractivity contribution >= 4 is 28.4 Å². The average Bonchev–Trinajstić information content (AvgIpc) is 2.86. The number of aromatic nitrogens is 1. The van der Waals surface area contributed by atoms with Crippen molar-refractivity contribution < 1.29 is 28.6 Å². The van der Waals surface area contributed by atoms with Crippen molar-refractivity contribution in [3.8, 4) is 23.0 Å². The summed E-state index contributed by atoms with van der Waals surface area (Å²) < 4.78 is 25.6. The van der Waals surface area contributed by atoms with Gasteiger partial charge in [-0.3, -0.25) is 14.6 Å². The van der Waals surface area contributed by atoms with Gasteiger partial charge in [0.2, 0.25) is 0 Å². The van der Waals surface area contributed by atoms with E-state index in [-0.39, 0.29) is 22.9 Å². The molecule has 0 aliphatic rings. The molecule has 3 aromatic carbocycles. The van der Waals surface area contributed by atoms with Gasteiger partial charge in [0.1, 0.15) is 5.75 Å². The Morgan fingerprint density at radius 1 is 0.971 bits per heavy atom. The monoisotopic (exact) mass is 475 g/mol. The molecule has 4 aromatic rings. The standard InChI is InChI=1S/C26H22FN3O5/c1-34-24-14-18-20(15-21(24)31)28-12-10-22(18)35-23-8-7-17(13-19(23)27)30-26(33)25(32)29-11-9-16-5-3-2-4-6-16/h2-8,10,12-15,31H,9,11H2,1H3,(H,29,32)(H,30,33). The number of nitrogens with zero attached hydrogens (tertiary/aromatic N) is 1. The third-order valence-corrected chi connectivity index (χ3v) is 5.16. The lowest BCUT2D eigenvalue weighted by Crippen LogP contribution is -2.36. The molecule has 3 N–H and O–H groups in total. The number of phenolic OH excluding ortho intramolecular Hbond substituents is 1. The molecule has 0 spiro atoms. The van der Waals surface area contributed by atoms with Crippen molar-refractivity contribution in [3.05, 3.63) is 84.3 Å². The van der Waals surface area contributed by atoms with Gasteiger partial charge >= 0.3 is 11.8 Å². The maximum absolute atomic E-state index is 14.7. The Morgan fingerprint density at radius 3 is 2.51 bits per heavy atom.